The van der Waals surface area contributed by atoms with Crippen LogP contribution in [-0.2, 0) is 11.5 Å². The average Bonchev–Trinajstić information content (AvgIpc) is 2.63. The van der Waals surface area contributed by atoms with E-state index in [4.69, 9.17) is 0 Å². The third-order valence-corrected chi connectivity index (χ3v) is 5.26. The fourth-order valence-electron chi connectivity index (χ4n) is 3.02. The minimum Gasteiger partial charge on any atom is -0.269 e. The van der Waals surface area contributed by atoms with Gasteiger partial charge in [-0.05, 0) is 34.9 Å². The van der Waals surface area contributed by atoms with Crippen molar-refractivity contribution in [3.63, 3.8) is 0 Å². The number of aryl methyl sites for hydroxylation is 1. The first kappa shape index (κ1) is 15.9. The smallest absolute Gasteiger partial charge is 0.258 e. The van der Waals surface area contributed by atoms with Gasteiger partial charge in [0.25, 0.3) is 5.56 Å². The minimum absolute atomic E-state index is 0.0190. The molecule has 0 saturated carbocycles. The largest absolute Gasteiger partial charge is 0.269 e. The van der Waals surface area contributed by atoms with Gasteiger partial charge in [-0.15, -0.1) is 0 Å². The first-order valence-corrected chi connectivity index (χ1v) is 9.39. The lowest BCUT2D eigenvalue weighted by molar-refractivity contribution is 1.00. The summed E-state index contributed by atoms with van der Waals surface area (Å²) < 4.78 is 1.61. The van der Waals surface area contributed by atoms with Crippen LogP contribution >= 0.6 is 11.8 Å². The predicted molar refractivity (Wildman–Crippen MR) is 105 cm³/mol. The molecule has 0 N–H and O–H groups in total. The molecule has 3 nitrogen and oxygen atoms in total. The second-order valence-corrected chi connectivity index (χ2v) is 7.14. The Kier molecular flexibility index (Phi) is 4.28. The van der Waals surface area contributed by atoms with Crippen LogP contribution in [0.1, 0.15) is 16.8 Å². The second kappa shape index (κ2) is 6.73. The van der Waals surface area contributed by atoms with Crippen molar-refractivity contribution in [1.82, 2.24) is 9.38 Å². The highest BCUT2D eigenvalue weighted by Crippen LogP contribution is 2.24. The fraction of sp³-hybridized carbons (Fsp3) is 0.143. The van der Waals surface area contributed by atoms with Crippen molar-refractivity contribution in [2.45, 2.75) is 18.4 Å². The Balaban J connectivity index is 1.54. The highest BCUT2D eigenvalue weighted by Gasteiger charge is 2.05. The second-order valence-electron chi connectivity index (χ2n) is 6.15. The Bertz CT molecular complexity index is 1110. The maximum Gasteiger partial charge on any atom is 0.258 e. The SMILES string of the molecule is Cc1ccc2nc(CSCc3cccc4ccccc34)cc(=O)n2c1. The zero-order chi connectivity index (χ0) is 17.2. The Labute approximate surface area is 150 Å². The van der Waals surface area contributed by atoms with Crippen LogP contribution in [0.25, 0.3) is 16.4 Å². The zero-order valence-corrected chi connectivity index (χ0v) is 14.8. The third-order valence-electron chi connectivity index (χ3n) is 4.25. The van der Waals surface area contributed by atoms with Gasteiger partial charge in [0, 0.05) is 23.8 Å². The fourth-order valence-corrected chi connectivity index (χ4v) is 3.95. The van der Waals surface area contributed by atoms with Crippen LogP contribution in [0.4, 0.5) is 0 Å². The third kappa shape index (κ3) is 3.30. The molecule has 0 saturated heterocycles. The highest BCUT2D eigenvalue weighted by molar-refractivity contribution is 7.97. The summed E-state index contributed by atoms with van der Waals surface area (Å²) in [7, 11) is 0. The average molecular weight is 346 g/mol. The highest BCUT2D eigenvalue weighted by atomic mass is 32.2. The summed E-state index contributed by atoms with van der Waals surface area (Å²) in [5, 5.41) is 2.55. The van der Waals surface area contributed by atoms with E-state index in [0.29, 0.717) is 5.65 Å². The molecule has 4 aromatic rings. The van der Waals surface area contributed by atoms with Crippen molar-refractivity contribution < 1.29 is 0 Å². The Morgan fingerprint density at radius 3 is 2.76 bits per heavy atom. The number of benzene rings is 2. The maximum atomic E-state index is 12.3. The van der Waals surface area contributed by atoms with E-state index >= 15 is 0 Å². The molecule has 0 amide bonds. The van der Waals surface area contributed by atoms with E-state index in [-0.39, 0.29) is 5.56 Å². The lowest BCUT2D eigenvalue weighted by atomic mass is 10.1. The van der Waals surface area contributed by atoms with Crippen molar-refractivity contribution in [3.8, 4) is 0 Å². The van der Waals surface area contributed by atoms with E-state index in [1.165, 1.54) is 16.3 Å². The van der Waals surface area contributed by atoms with E-state index in [0.717, 1.165) is 22.8 Å². The number of hydrogen-bond acceptors (Lipinski definition) is 3. The molecule has 2 aromatic carbocycles. The molecule has 0 aliphatic carbocycles. The number of aromatic nitrogens is 2. The first-order chi connectivity index (χ1) is 12.2. The number of thioether (sulfide) groups is 1. The van der Waals surface area contributed by atoms with E-state index in [2.05, 4.69) is 47.4 Å². The van der Waals surface area contributed by atoms with E-state index in [9.17, 15) is 4.79 Å². The number of pyridine rings is 1. The van der Waals surface area contributed by atoms with Crippen molar-refractivity contribution >= 4 is 28.2 Å². The molecule has 4 rings (SSSR count). The molecule has 2 heterocycles. The monoisotopic (exact) mass is 346 g/mol. The minimum atomic E-state index is -0.0190. The summed E-state index contributed by atoms with van der Waals surface area (Å²) in [5.74, 6) is 1.62. The van der Waals surface area contributed by atoms with E-state index in [1.54, 1.807) is 22.2 Å². The molecule has 0 radical (unpaired) electrons. The topological polar surface area (TPSA) is 34.4 Å². The molecule has 0 atom stereocenters. The van der Waals surface area contributed by atoms with Gasteiger partial charge in [0.1, 0.15) is 5.65 Å². The summed E-state index contributed by atoms with van der Waals surface area (Å²) in [6, 6.07) is 20.4. The molecule has 0 bridgehead atoms. The van der Waals surface area contributed by atoms with Gasteiger partial charge in [0.15, 0.2) is 0 Å². The predicted octanol–water partition coefficient (Wildman–Crippen LogP) is 4.59. The number of nitrogens with zero attached hydrogens (tertiary/aromatic N) is 2. The molecule has 0 fully saturated rings. The number of fused-ring (bicyclic) bond motifs is 2. The molecule has 2 aromatic heterocycles. The lowest BCUT2D eigenvalue weighted by Gasteiger charge is -2.07. The van der Waals surface area contributed by atoms with Gasteiger partial charge in [0.05, 0.1) is 5.69 Å². The maximum absolute atomic E-state index is 12.3. The summed E-state index contributed by atoms with van der Waals surface area (Å²) in [4.78, 5) is 16.9. The Hall–Kier alpha value is -2.59. The van der Waals surface area contributed by atoms with Crippen molar-refractivity contribution in [2.75, 3.05) is 0 Å². The van der Waals surface area contributed by atoms with E-state index < -0.39 is 0 Å². The van der Waals surface area contributed by atoms with Crippen molar-refractivity contribution in [3.05, 3.63) is 94.0 Å². The standard InChI is InChI=1S/C21H18N2OS/c1-15-9-10-20-22-18(11-21(24)23(20)12-15)14-25-13-17-7-4-6-16-5-2-3-8-19(16)17/h2-12H,13-14H2,1H3. The number of rotatable bonds is 4. The van der Waals surface area contributed by atoms with Gasteiger partial charge < -0.3 is 0 Å². The van der Waals surface area contributed by atoms with Crippen molar-refractivity contribution in [1.29, 1.82) is 0 Å². The Morgan fingerprint density at radius 1 is 1.00 bits per heavy atom. The summed E-state index contributed by atoms with van der Waals surface area (Å²) in [5.41, 5.74) is 3.89. The van der Waals surface area contributed by atoms with Crippen LogP contribution in [0.15, 0.2) is 71.7 Å². The summed E-state index contributed by atoms with van der Waals surface area (Å²) in [6.45, 7) is 1.97. The molecule has 0 aliphatic heterocycles. The van der Waals surface area contributed by atoms with Crippen LogP contribution in [0.2, 0.25) is 0 Å². The summed E-state index contributed by atoms with van der Waals surface area (Å²) in [6.07, 6.45) is 1.83. The van der Waals surface area contributed by atoms with Crippen LogP contribution in [0.5, 0.6) is 0 Å². The molecule has 25 heavy (non-hydrogen) atoms. The van der Waals surface area contributed by atoms with Gasteiger partial charge in [-0.3, -0.25) is 9.20 Å². The summed E-state index contributed by atoms with van der Waals surface area (Å²) >= 11 is 1.78. The van der Waals surface area contributed by atoms with Gasteiger partial charge in [-0.1, -0.05) is 48.5 Å². The van der Waals surface area contributed by atoms with E-state index in [1.807, 2.05) is 25.3 Å². The van der Waals surface area contributed by atoms with Gasteiger partial charge in [0.2, 0.25) is 0 Å². The Morgan fingerprint density at radius 2 is 1.84 bits per heavy atom. The van der Waals surface area contributed by atoms with Gasteiger partial charge in [-0.2, -0.15) is 11.8 Å². The van der Waals surface area contributed by atoms with Gasteiger partial charge >= 0.3 is 0 Å². The molecular formula is C21H18N2OS. The molecule has 4 heteroatoms. The van der Waals surface area contributed by atoms with Crippen molar-refractivity contribution in [2.24, 2.45) is 0 Å². The van der Waals surface area contributed by atoms with Crippen LogP contribution < -0.4 is 5.56 Å². The first-order valence-electron chi connectivity index (χ1n) is 8.24. The molecular weight excluding hydrogens is 328 g/mol. The quantitative estimate of drug-likeness (QED) is 0.542. The lowest BCUT2D eigenvalue weighted by Crippen LogP contribution is -2.15. The number of hydrogen-bond donors (Lipinski definition) is 0. The van der Waals surface area contributed by atoms with Gasteiger partial charge in [-0.25, -0.2) is 4.98 Å². The molecule has 0 spiro atoms. The molecule has 0 aliphatic rings. The van der Waals surface area contributed by atoms with Crippen LogP contribution in [0, 0.1) is 6.92 Å². The van der Waals surface area contributed by atoms with Crippen LogP contribution in [0.3, 0.4) is 0 Å². The normalized spacial score (nSPS) is 11.2. The molecule has 124 valence electrons. The zero-order valence-electron chi connectivity index (χ0n) is 14.0. The van der Waals surface area contributed by atoms with Crippen LogP contribution in [-0.4, -0.2) is 9.38 Å². The molecule has 0 unspecified atom stereocenters.